The quantitative estimate of drug-likeness (QED) is 0.187. The van der Waals surface area contributed by atoms with Gasteiger partial charge in [-0.15, -0.1) is 0 Å². The Balaban J connectivity index is 1.26. The summed E-state index contributed by atoms with van der Waals surface area (Å²) in [6.07, 6.45) is 5.82. The third-order valence-corrected chi connectivity index (χ3v) is 7.89. The summed E-state index contributed by atoms with van der Waals surface area (Å²) in [5.74, 6) is 0.491. The predicted molar refractivity (Wildman–Crippen MR) is 168 cm³/mol. The van der Waals surface area contributed by atoms with Crippen LogP contribution in [0.2, 0.25) is 0 Å². The van der Waals surface area contributed by atoms with E-state index in [1.165, 1.54) is 25.1 Å². The van der Waals surface area contributed by atoms with Crippen LogP contribution >= 0.6 is 0 Å². The highest BCUT2D eigenvalue weighted by atomic mass is 19.1. The lowest BCUT2D eigenvalue weighted by atomic mass is 9.96. The normalized spacial score (nSPS) is 16.7. The maximum Gasteiger partial charge on any atom is 0.253 e. The first-order valence-electron chi connectivity index (χ1n) is 14.5. The Bertz CT molecular complexity index is 1860. The number of nitrogens with two attached hydrogens (primary N) is 1. The molecule has 44 heavy (non-hydrogen) atoms. The lowest BCUT2D eigenvalue weighted by Gasteiger charge is -2.17. The number of anilines is 1. The van der Waals surface area contributed by atoms with Gasteiger partial charge < -0.3 is 15.1 Å². The summed E-state index contributed by atoms with van der Waals surface area (Å²) in [4.78, 5) is 31.1. The number of aryl methyl sites for hydroxylation is 1. The maximum atomic E-state index is 14.3. The molecular formula is C36H31F2N3O3. The highest BCUT2D eigenvalue weighted by molar-refractivity contribution is 5.98. The molecule has 1 fully saturated rings. The number of hydrogen-bond acceptors (Lipinski definition) is 5. The number of carbonyl (C=O) groups is 2. The fourth-order valence-corrected chi connectivity index (χ4v) is 5.46. The van der Waals surface area contributed by atoms with Gasteiger partial charge in [-0.3, -0.25) is 9.59 Å². The summed E-state index contributed by atoms with van der Waals surface area (Å²) in [5, 5.41) is 0.840. The van der Waals surface area contributed by atoms with Gasteiger partial charge in [0.2, 0.25) is 0 Å². The van der Waals surface area contributed by atoms with Crippen molar-refractivity contribution in [3.05, 3.63) is 114 Å². The predicted octanol–water partition coefficient (Wildman–Crippen LogP) is 7.67. The van der Waals surface area contributed by atoms with E-state index in [1.807, 2.05) is 30.3 Å². The van der Waals surface area contributed by atoms with Crippen LogP contribution in [0.15, 0.2) is 95.6 Å². The van der Waals surface area contributed by atoms with Crippen LogP contribution in [0.5, 0.6) is 0 Å². The second-order valence-electron chi connectivity index (χ2n) is 11.4. The van der Waals surface area contributed by atoms with Gasteiger partial charge in [0.25, 0.3) is 5.91 Å². The number of rotatable bonds is 8. The molecule has 6 nitrogen and oxygen atoms in total. The van der Waals surface area contributed by atoms with Gasteiger partial charge in [0.15, 0.2) is 5.78 Å². The molecule has 1 amide bonds. The average molecular weight is 592 g/mol. The Morgan fingerprint density at radius 2 is 1.75 bits per heavy atom. The summed E-state index contributed by atoms with van der Waals surface area (Å²) < 4.78 is 34.3. The van der Waals surface area contributed by atoms with Gasteiger partial charge in [0, 0.05) is 48.5 Å². The van der Waals surface area contributed by atoms with Gasteiger partial charge in [-0.25, -0.2) is 13.8 Å². The number of pyridine rings is 1. The number of aromatic nitrogens is 1. The number of hydrogen-bond donors (Lipinski definition) is 1. The van der Waals surface area contributed by atoms with Crippen molar-refractivity contribution in [1.29, 1.82) is 0 Å². The SMILES string of the molecule is C[C@@]1(F)CCN(C(=O)c2ccc(-c3cc(-c4ccc(F)cc4)c4oc(CCC(=O)/C=C/c5ccc(N)nc5)cc4c3)cc2)C1. The lowest BCUT2D eigenvalue weighted by Crippen LogP contribution is -2.31. The number of furan rings is 1. The number of nitrogen functional groups attached to an aromatic ring is 1. The molecule has 1 atom stereocenters. The first kappa shape index (κ1) is 29.0. The lowest BCUT2D eigenvalue weighted by molar-refractivity contribution is -0.114. The van der Waals surface area contributed by atoms with Gasteiger partial charge in [0.1, 0.15) is 28.6 Å². The van der Waals surface area contributed by atoms with Crippen LogP contribution in [0.1, 0.15) is 41.4 Å². The molecule has 6 rings (SSSR count). The molecule has 3 heterocycles. The van der Waals surface area contributed by atoms with Gasteiger partial charge in [-0.2, -0.15) is 0 Å². The van der Waals surface area contributed by atoms with Crippen LogP contribution < -0.4 is 5.73 Å². The fourth-order valence-electron chi connectivity index (χ4n) is 5.46. The van der Waals surface area contributed by atoms with Gasteiger partial charge in [0.05, 0.1) is 6.54 Å². The third kappa shape index (κ3) is 6.44. The van der Waals surface area contributed by atoms with Crippen molar-refractivity contribution in [2.45, 2.75) is 31.9 Å². The number of allylic oxidation sites excluding steroid dienone is 1. The van der Waals surface area contributed by atoms with E-state index in [0.29, 0.717) is 42.1 Å². The van der Waals surface area contributed by atoms with E-state index in [1.54, 1.807) is 53.6 Å². The Labute approximate surface area is 253 Å². The van der Waals surface area contributed by atoms with Crippen LogP contribution in [0.3, 0.4) is 0 Å². The number of likely N-dealkylation sites (tertiary alicyclic amines) is 1. The molecule has 0 aliphatic carbocycles. The zero-order chi connectivity index (χ0) is 30.8. The minimum Gasteiger partial charge on any atom is -0.460 e. The van der Waals surface area contributed by atoms with Gasteiger partial charge in [-0.1, -0.05) is 24.3 Å². The Kier molecular flexibility index (Phi) is 7.82. The summed E-state index contributed by atoms with van der Waals surface area (Å²) >= 11 is 0. The monoisotopic (exact) mass is 591 g/mol. The van der Waals surface area contributed by atoms with Crippen molar-refractivity contribution in [2.75, 3.05) is 18.8 Å². The van der Waals surface area contributed by atoms with E-state index in [-0.39, 0.29) is 30.5 Å². The van der Waals surface area contributed by atoms with Gasteiger partial charge >= 0.3 is 0 Å². The minimum absolute atomic E-state index is 0.0542. The second-order valence-corrected chi connectivity index (χ2v) is 11.4. The van der Waals surface area contributed by atoms with E-state index in [4.69, 9.17) is 10.2 Å². The number of fused-ring (bicyclic) bond motifs is 1. The zero-order valence-corrected chi connectivity index (χ0v) is 24.2. The minimum atomic E-state index is -1.36. The average Bonchev–Trinajstić information content (AvgIpc) is 3.61. The van der Waals surface area contributed by atoms with E-state index >= 15 is 0 Å². The molecule has 1 aliphatic heterocycles. The van der Waals surface area contributed by atoms with Crippen LogP contribution in [0.25, 0.3) is 39.3 Å². The first-order chi connectivity index (χ1) is 21.1. The standard InChI is InChI=1S/C36H31F2N3O3/c1-36(38)16-17-41(22-36)35(43)26-6-4-24(5-7-26)27-18-28-19-31(14-13-30(42)12-2-23-3-15-33(39)40-21-23)44-34(28)32(20-27)25-8-10-29(37)11-9-25/h2-12,15,18-21H,13-14,16-17,22H2,1H3,(H2,39,40)/b12-2+/t36-/m1/s1. The smallest absolute Gasteiger partial charge is 0.253 e. The number of carbonyl (C=O) groups excluding carboxylic acids is 2. The van der Waals surface area contributed by atoms with Crippen molar-refractivity contribution >= 4 is 34.6 Å². The topological polar surface area (TPSA) is 89.4 Å². The molecule has 0 unspecified atom stereocenters. The number of benzene rings is 3. The first-order valence-corrected chi connectivity index (χ1v) is 14.5. The molecule has 5 aromatic rings. The number of halogens is 2. The summed E-state index contributed by atoms with van der Waals surface area (Å²) in [7, 11) is 0. The van der Waals surface area contributed by atoms with Crippen LogP contribution in [-0.2, 0) is 11.2 Å². The highest BCUT2D eigenvalue weighted by Gasteiger charge is 2.36. The van der Waals surface area contributed by atoms with E-state index in [2.05, 4.69) is 4.98 Å². The molecule has 2 aromatic heterocycles. The van der Waals surface area contributed by atoms with Crippen molar-refractivity contribution in [2.24, 2.45) is 0 Å². The molecule has 1 saturated heterocycles. The fraction of sp³-hybridized carbons (Fsp3) is 0.194. The van der Waals surface area contributed by atoms with Crippen molar-refractivity contribution in [1.82, 2.24) is 9.88 Å². The van der Waals surface area contributed by atoms with Crippen LogP contribution in [0, 0.1) is 5.82 Å². The highest BCUT2D eigenvalue weighted by Crippen LogP contribution is 2.37. The number of alkyl halides is 1. The van der Waals surface area contributed by atoms with Crippen molar-refractivity contribution < 1.29 is 22.8 Å². The van der Waals surface area contributed by atoms with E-state index in [9.17, 15) is 18.4 Å². The molecule has 0 bridgehead atoms. The summed E-state index contributed by atoms with van der Waals surface area (Å²) in [6, 6.07) is 22.8. The Hall–Kier alpha value is -5.11. The second kappa shape index (κ2) is 11.9. The Morgan fingerprint density at radius 3 is 2.43 bits per heavy atom. The number of nitrogens with zero attached hydrogens (tertiary/aromatic N) is 2. The van der Waals surface area contributed by atoms with Crippen molar-refractivity contribution in [3.8, 4) is 22.3 Å². The summed E-state index contributed by atoms with van der Waals surface area (Å²) in [5.41, 5.74) is 9.51. The molecule has 0 saturated carbocycles. The van der Waals surface area contributed by atoms with Gasteiger partial charge in [-0.05, 0) is 95.9 Å². The zero-order valence-electron chi connectivity index (χ0n) is 24.2. The molecule has 8 heteroatoms. The molecule has 0 radical (unpaired) electrons. The summed E-state index contributed by atoms with van der Waals surface area (Å²) in [6.45, 7) is 2.02. The van der Waals surface area contributed by atoms with E-state index in [0.717, 1.165) is 33.2 Å². The molecular weight excluding hydrogens is 560 g/mol. The van der Waals surface area contributed by atoms with Crippen LogP contribution in [-0.4, -0.2) is 40.3 Å². The number of ketones is 1. The van der Waals surface area contributed by atoms with E-state index < -0.39 is 5.67 Å². The number of amides is 1. The molecule has 3 aromatic carbocycles. The maximum absolute atomic E-state index is 14.3. The molecule has 222 valence electrons. The largest absolute Gasteiger partial charge is 0.460 e. The third-order valence-electron chi connectivity index (χ3n) is 7.89. The Morgan fingerprint density at radius 1 is 1.00 bits per heavy atom. The van der Waals surface area contributed by atoms with Crippen molar-refractivity contribution in [3.63, 3.8) is 0 Å². The van der Waals surface area contributed by atoms with Crippen LogP contribution in [0.4, 0.5) is 14.6 Å². The molecule has 2 N–H and O–H groups in total. The molecule has 1 aliphatic rings. The molecule has 0 spiro atoms.